The SMILES string of the molecule is C/C(=C\CN(CC1CC1)C(=O)C1CC1)c1ccccc1. The number of carbonyl (C=O) groups excluding carboxylic acids is 1. The van der Waals surface area contributed by atoms with Gasteiger partial charge in [0.15, 0.2) is 0 Å². The molecular weight excluding hydrogens is 246 g/mol. The maximum atomic E-state index is 12.3. The maximum absolute atomic E-state index is 12.3. The van der Waals surface area contributed by atoms with Gasteiger partial charge in [-0.2, -0.15) is 0 Å². The molecule has 0 N–H and O–H groups in total. The van der Waals surface area contributed by atoms with Gasteiger partial charge in [-0.1, -0.05) is 36.4 Å². The summed E-state index contributed by atoms with van der Waals surface area (Å²) in [6, 6.07) is 10.4. The van der Waals surface area contributed by atoms with Crippen molar-refractivity contribution in [1.29, 1.82) is 0 Å². The zero-order valence-electron chi connectivity index (χ0n) is 12.2. The number of nitrogens with zero attached hydrogens (tertiary/aromatic N) is 1. The normalized spacial score (nSPS) is 18.9. The first-order valence-electron chi connectivity index (χ1n) is 7.75. The van der Waals surface area contributed by atoms with Gasteiger partial charge in [0.1, 0.15) is 0 Å². The van der Waals surface area contributed by atoms with Crippen molar-refractivity contribution in [3.05, 3.63) is 42.0 Å². The molecule has 0 aliphatic heterocycles. The highest BCUT2D eigenvalue weighted by atomic mass is 16.2. The van der Waals surface area contributed by atoms with Crippen LogP contribution in [0, 0.1) is 11.8 Å². The minimum absolute atomic E-state index is 0.333. The summed E-state index contributed by atoms with van der Waals surface area (Å²) in [6.07, 6.45) is 7.01. The second kappa shape index (κ2) is 5.82. The van der Waals surface area contributed by atoms with E-state index in [1.165, 1.54) is 24.0 Å². The highest BCUT2D eigenvalue weighted by Gasteiger charge is 2.35. The third-order valence-corrected chi connectivity index (χ3v) is 4.26. The largest absolute Gasteiger partial charge is 0.338 e. The number of benzene rings is 1. The maximum Gasteiger partial charge on any atom is 0.225 e. The van der Waals surface area contributed by atoms with Crippen molar-refractivity contribution in [1.82, 2.24) is 4.90 Å². The van der Waals surface area contributed by atoms with Crippen molar-refractivity contribution in [3.8, 4) is 0 Å². The first-order valence-corrected chi connectivity index (χ1v) is 7.75. The average molecular weight is 269 g/mol. The number of hydrogen-bond donors (Lipinski definition) is 0. The standard InChI is InChI=1S/C18H23NO/c1-14(16-5-3-2-4-6-16)11-12-19(13-15-7-8-15)18(20)17-9-10-17/h2-6,11,15,17H,7-10,12-13H2,1H3/b14-11+. The fourth-order valence-electron chi connectivity index (χ4n) is 2.52. The third kappa shape index (κ3) is 3.50. The van der Waals surface area contributed by atoms with Crippen LogP contribution in [0.1, 0.15) is 38.2 Å². The van der Waals surface area contributed by atoms with E-state index in [0.717, 1.165) is 31.8 Å². The molecule has 3 rings (SSSR count). The molecule has 0 bridgehead atoms. The van der Waals surface area contributed by atoms with Crippen LogP contribution in [0.15, 0.2) is 36.4 Å². The molecule has 2 heteroatoms. The van der Waals surface area contributed by atoms with Crippen molar-refractivity contribution in [2.24, 2.45) is 11.8 Å². The first-order chi connectivity index (χ1) is 9.74. The van der Waals surface area contributed by atoms with Gasteiger partial charge in [0, 0.05) is 19.0 Å². The molecule has 0 atom stereocenters. The average Bonchev–Trinajstić information content (AvgIpc) is 3.37. The summed E-state index contributed by atoms with van der Waals surface area (Å²) in [5.74, 6) is 1.48. The Kier molecular flexibility index (Phi) is 3.90. The van der Waals surface area contributed by atoms with Gasteiger partial charge < -0.3 is 4.90 Å². The molecule has 1 aromatic rings. The molecule has 0 spiro atoms. The number of allylic oxidation sites excluding steroid dienone is 1. The van der Waals surface area contributed by atoms with Crippen LogP contribution < -0.4 is 0 Å². The fourth-order valence-corrected chi connectivity index (χ4v) is 2.52. The number of carbonyl (C=O) groups is 1. The number of hydrogen-bond acceptors (Lipinski definition) is 1. The monoisotopic (exact) mass is 269 g/mol. The van der Waals surface area contributed by atoms with Crippen molar-refractivity contribution < 1.29 is 4.79 Å². The minimum Gasteiger partial charge on any atom is -0.338 e. The van der Waals surface area contributed by atoms with Gasteiger partial charge in [-0.15, -0.1) is 0 Å². The van der Waals surface area contributed by atoms with Gasteiger partial charge in [-0.05, 0) is 49.7 Å². The van der Waals surface area contributed by atoms with Crippen LogP contribution in [-0.4, -0.2) is 23.9 Å². The Balaban J connectivity index is 1.64. The van der Waals surface area contributed by atoms with Gasteiger partial charge in [0.2, 0.25) is 5.91 Å². The molecule has 2 aliphatic rings. The smallest absolute Gasteiger partial charge is 0.225 e. The third-order valence-electron chi connectivity index (χ3n) is 4.26. The number of rotatable bonds is 6. The predicted molar refractivity (Wildman–Crippen MR) is 82.1 cm³/mol. The fraction of sp³-hybridized carbons (Fsp3) is 0.500. The van der Waals surface area contributed by atoms with E-state index in [2.05, 4.69) is 42.2 Å². The second-order valence-corrected chi connectivity index (χ2v) is 6.21. The highest BCUT2D eigenvalue weighted by molar-refractivity contribution is 5.81. The second-order valence-electron chi connectivity index (χ2n) is 6.21. The van der Waals surface area contributed by atoms with Crippen LogP contribution in [0.4, 0.5) is 0 Å². The summed E-state index contributed by atoms with van der Waals surface area (Å²) in [5.41, 5.74) is 2.51. The molecule has 1 amide bonds. The summed E-state index contributed by atoms with van der Waals surface area (Å²) >= 11 is 0. The van der Waals surface area contributed by atoms with Crippen LogP contribution in [0.25, 0.3) is 5.57 Å². The molecule has 0 heterocycles. The number of amides is 1. The summed E-state index contributed by atoms with van der Waals surface area (Å²) < 4.78 is 0. The Hall–Kier alpha value is -1.57. The van der Waals surface area contributed by atoms with E-state index in [4.69, 9.17) is 0 Å². The minimum atomic E-state index is 0.333. The van der Waals surface area contributed by atoms with Gasteiger partial charge in [-0.25, -0.2) is 0 Å². The Bertz CT molecular complexity index is 497. The molecule has 2 aliphatic carbocycles. The predicted octanol–water partition coefficient (Wildman–Crippen LogP) is 3.74. The van der Waals surface area contributed by atoms with Crippen LogP contribution >= 0.6 is 0 Å². The molecule has 0 unspecified atom stereocenters. The van der Waals surface area contributed by atoms with Gasteiger partial charge >= 0.3 is 0 Å². The molecular formula is C18H23NO. The summed E-state index contributed by atoms with van der Waals surface area (Å²) in [4.78, 5) is 14.4. The lowest BCUT2D eigenvalue weighted by molar-refractivity contribution is -0.132. The Morgan fingerprint density at radius 2 is 1.90 bits per heavy atom. The van der Waals surface area contributed by atoms with Crippen molar-refractivity contribution in [2.75, 3.05) is 13.1 Å². The van der Waals surface area contributed by atoms with E-state index >= 15 is 0 Å². The molecule has 2 fully saturated rings. The van der Waals surface area contributed by atoms with E-state index in [1.54, 1.807) is 0 Å². The molecule has 0 aromatic heterocycles. The molecule has 1 aromatic carbocycles. The Morgan fingerprint density at radius 1 is 1.20 bits per heavy atom. The zero-order valence-corrected chi connectivity index (χ0v) is 12.2. The Morgan fingerprint density at radius 3 is 2.50 bits per heavy atom. The molecule has 2 nitrogen and oxygen atoms in total. The summed E-state index contributed by atoms with van der Waals surface area (Å²) in [6.45, 7) is 3.87. The molecule has 2 saturated carbocycles. The van der Waals surface area contributed by atoms with E-state index in [1.807, 2.05) is 6.07 Å². The van der Waals surface area contributed by atoms with Crippen LogP contribution in [0.5, 0.6) is 0 Å². The summed E-state index contributed by atoms with van der Waals surface area (Å²) in [5, 5.41) is 0. The van der Waals surface area contributed by atoms with Crippen LogP contribution in [-0.2, 0) is 4.79 Å². The lowest BCUT2D eigenvalue weighted by atomic mass is 10.1. The summed E-state index contributed by atoms with van der Waals surface area (Å²) in [7, 11) is 0. The van der Waals surface area contributed by atoms with Gasteiger partial charge in [0.25, 0.3) is 0 Å². The van der Waals surface area contributed by atoms with Crippen molar-refractivity contribution in [2.45, 2.75) is 32.6 Å². The van der Waals surface area contributed by atoms with E-state index in [-0.39, 0.29) is 0 Å². The van der Waals surface area contributed by atoms with E-state index in [0.29, 0.717) is 11.8 Å². The van der Waals surface area contributed by atoms with Crippen molar-refractivity contribution >= 4 is 11.5 Å². The van der Waals surface area contributed by atoms with Crippen LogP contribution in [0.2, 0.25) is 0 Å². The first kappa shape index (κ1) is 13.4. The van der Waals surface area contributed by atoms with Gasteiger partial charge in [-0.3, -0.25) is 4.79 Å². The van der Waals surface area contributed by atoms with E-state index < -0.39 is 0 Å². The molecule has 20 heavy (non-hydrogen) atoms. The highest BCUT2D eigenvalue weighted by Crippen LogP contribution is 2.34. The van der Waals surface area contributed by atoms with E-state index in [9.17, 15) is 4.79 Å². The van der Waals surface area contributed by atoms with Crippen LogP contribution in [0.3, 0.4) is 0 Å². The molecule has 0 saturated heterocycles. The van der Waals surface area contributed by atoms with Gasteiger partial charge in [0.05, 0.1) is 0 Å². The Labute approximate surface area is 121 Å². The lowest BCUT2D eigenvalue weighted by Crippen LogP contribution is -2.34. The zero-order chi connectivity index (χ0) is 13.9. The molecule has 0 radical (unpaired) electrons. The molecule has 106 valence electrons. The lowest BCUT2D eigenvalue weighted by Gasteiger charge is -2.21. The van der Waals surface area contributed by atoms with Crippen molar-refractivity contribution in [3.63, 3.8) is 0 Å². The topological polar surface area (TPSA) is 20.3 Å². The quantitative estimate of drug-likeness (QED) is 0.770.